The SMILES string of the molecule is CN(C(c1ccccc1)c1ccccc1)S(=O)(=O)c1ccc(N2CCCC2=O)cc1. The molecule has 0 saturated carbocycles. The quantitative estimate of drug-likeness (QED) is 0.600. The van der Waals surface area contributed by atoms with Crippen LogP contribution in [0.25, 0.3) is 0 Å². The summed E-state index contributed by atoms with van der Waals surface area (Å²) in [6.45, 7) is 0.676. The number of sulfonamides is 1. The summed E-state index contributed by atoms with van der Waals surface area (Å²) < 4.78 is 28.3. The van der Waals surface area contributed by atoms with E-state index in [4.69, 9.17) is 0 Å². The molecule has 1 aliphatic rings. The van der Waals surface area contributed by atoms with Crippen molar-refractivity contribution in [1.82, 2.24) is 4.31 Å². The predicted molar refractivity (Wildman–Crippen MR) is 118 cm³/mol. The first kappa shape index (κ1) is 20.3. The highest BCUT2D eigenvalue weighted by Gasteiger charge is 2.30. The molecule has 0 bridgehead atoms. The summed E-state index contributed by atoms with van der Waals surface area (Å²) in [5.74, 6) is 0.0796. The molecule has 6 heteroatoms. The number of amides is 1. The maximum atomic E-state index is 13.5. The number of hydrogen-bond acceptors (Lipinski definition) is 3. The molecule has 1 amide bonds. The molecule has 1 aliphatic heterocycles. The zero-order chi connectivity index (χ0) is 21.1. The van der Waals surface area contributed by atoms with Gasteiger partial charge in [-0.3, -0.25) is 4.79 Å². The van der Waals surface area contributed by atoms with Gasteiger partial charge in [-0.15, -0.1) is 0 Å². The van der Waals surface area contributed by atoms with Crippen LogP contribution in [0, 0.1) is 0 Å². The molecule has 0 unspecified atom stereocenters. The summed E-state index contributed by atoms with van der Waals surface area (Å²) in [7, 11) is -2.15. The molecule has 1 heterocycles. The first-order chi connectivity index (χ1) is 14.5. The van der Waals surface area contributed by atoms with Gasteiger partial charge in [0.15, 0.2) is 0 Å². The lowest BCUT2D eigenvalue weighted by Crippen LogP contribution is -2.32. The average Bonchev–Trinajstić information content (AvgIpc) is 3.21. The van der Waals surface area contributed by atoms with Crippen LogP contribution in [0.2, 0.25) is 0 Å². The summed E-state index contributed by atoms with van der Waals surface area (Å²) in [6.07, 6.45) is 1.37. The van der Waals surface area contributed by atoms with E-state index in [1.807, 2.05) is 60.7 Å². The molecule has 1 fully saturated rings. The van der Waals surface area contributed by atoms with Crippen molar-refractivity contribution in [2.24, 2.45) is 0 Å². The Balaban J connectivity index is 1.68. The van der Waals surface area contributed by atoms with Crippen LogP contribution in [0.1, 0.15) is 30.0 Å². The summed E-state index contributed by atoms with van der Waals surface area (Å²) >= 11 is 0. The van der Waals surface area contributed by atoms with Crippen molar-refractivity contribution < 1.29 is 13.2 Å². The minimum Gasteiger partial charge on any atom is -0.312 e. The van der Waals surface area contributed by atoms with Crippen LogP contribution >= 0.6 is 0 Å². The number of carbonyl (C=O) groups excluding carboxylic acids is 1. The Bertz CT molecular complexity index is 1070. The Morgan fingerprint density at radius 1 is 0.833 bits per heavy atom. The highest BCUT2D eigenvalue weighted by molar-refractivity contribution is 7.89. The number of anilines is 1. The molecule has 0 aliphatic carbocycles. The molecular weight excluding hydrogens is 396 g/mol. The van der Waals surface area contributed by atoms with Crippen LogP contribution in [0.5, 0.6) is 0 Å². The fourth-order valence-electron chi connectivity index (χ4n) is 3.91. The van der Waals surface area contributed by atoms with Crippen LogP contribution in [-0.4, -0.2) is 32.2 Å². The molecule has 0 spiro atoms. The van der Waals surface area contributed by atoms with Crippen LogP contribution in [0.3, 0.4) is 0 Å². The van der Waals surface area contributed by atoms with Crippen molar-refractivity contribution in [2.45, 2.75) is 23.8 Å². The topological polar surface area (TPSA) is 57.7 Å². The molecule has 154 valence electrons. The van der Waals surface area contributed by atoms with Gasteiger partial charge in [0.1, 0.15) is 0 Å². The summed E-state index contributed by atoms with van der Waals surface area (Å²) in [5, 5.41) is 0. The number of rotatable bonds is 6. The molecule has 4 rings (SSSR count). The van der Waals surface area contributed by atoms with Gasteiger partial charge >= 0.3 is 0 Å². The van der Waals surface area contributed by atoms with Gasteiger partial charge in [-0.25, -0.2) is 8.42 Å². The number of benzene rings is 3. The minimum atomic E-state index is -3.76. The van der Waals surface area contributed by atoms with E-state index >= 15 is 0 Å². The summed E-state index contributed by atoms with van der Waals surface area (Å²) in [4.78, 5) is 13.9. The van der Waals surface area contributed by atoms with Crippen molar-refractivity contribution in [3.63, 3.8) is 0 Å². The van der Waals surface area contributed by atoms with Gasteiger partial charge in [0.05, 0.1) is 10.9 Å². The van der Waals surface area contributed by atoms with Gasteiger partial charge in [0.25, 0.3) is 0 Å². The van der Waals surface area contributed by atoms with Crippen molar-refractivity contribution >= 4 is 21.6 Å². The van der Waals surface area contributed by atoms with Crippen LogP contribution in [0.4, 0.5) is 5.69 Å². The number of hydrogen-bond donors (Lipinski definition) is 0. The molecule has 0 aromatic heterocycles. The Hall–Kier alpha value is -2.96. The summed E-state index contributed by atoms with van der Waals surface area (Å²) in [5.41, 5.74) is 2.53. The zero-order valence-electron chi connectivity index (χ0n) is 16.8. The maximum absolute atomic E-state index is 13.5. The molecule has 5 nitrogen and oxygen atoms in total. The first-order valence-corrected chi connectivity index (χ1v) is 11.4. The monoisotopic (exact) mass is 420 g/mol. The van der Waals surface area contributed by atoms with E-state index in [0.29, 0.717) is 13.0 Å². The molecule has 3 aromatic rings. The lowest BCUT2D eigenvalue weighted by atomic mass is 9.99. The molecular formula is C24H24N2O3S. The van der Waals surface area contributed by atoms with E-state index < -0.39 is 16.1 Å². The van der Waals surface area contributed by atoms with Gasteiger partial charge in [-0.1, -0.05) is 60.7 Å². The second-order valence-corrected chi connectivity index (χ2v) is 9.39. The van der Waals surface area contributed by atoms with Gasteiger partial charge in [0.2, 0.25) is 15.9 Å². The van der Waals surface area contributed by atoms with E-state index in [2.05, 4.69) is 0 Å². The second kappa shape index (κ2) is 8.42. The lowest BCUT2D eigenvalue weighted by molar-refractivity contribution is -0.117. The normalized spacial score (nSPS) is 14.6. The average molecular weight is 421 g/mol. The largest absolute Gasteiger partial charge is 0.312 e. The molecule has 0 N–H and O–H groups in total. The second-order valence-electron chi connectivity index (χ2n) is 7.39. The van der Waals surface area contributed by atoms with E-state index in [1.54, 1.807) is 36.2 Å². The van der Waals surface area contributed by atoms with Gasteiger partial charge < -0.3 is 4.90 Å². The van der Waals surface area contributed by atoms with Gasteiger partial charge in [-0.05, 0) is 41.8 Å². The molecule has 0 radical (unpaired) electrons. The fraction of sp³-hybridized carbons (Fsp3) is 0.208. The third-order valence-corrected chi connectivity index (χ3v) is 7.33. The van der Waals surface area contributed by atoms with Gasteiger partial charge in [0, 0.05) is 25.7 Å². The highest BCUT2D eigenvalue weighted by Crippen LogP contribution is 2.32. The standard InChI is InChI=1S/C24H24N2O3S/c1-25(24(19-9-4-2-5-10-19)20-11-6-3-7-12-20)30(28,29)22-16-14-21(15-17-22)26-18-8-13-23(26)27/h2-7,9-12,14-17,24H,8,13,18H2,1H3. The molecule has 3 aromatic carbocycles. The van der Waals surface area contributed by atoms with Crippen LogP contribution < -0.4 is 4.90 Å². The van der Waals surface area contributed by atoms with Crippen molar-refractivity contribution in [2.75, 3.05) is 18.5 Å². The third kappa shape index (κ3) is 3.88. The van der Waals surface area contributed by atoms with Crippen LogP contribution in [-0.2, 0) is 14.8 Å². The Kier molecular flexibility index (Phi) is 5.70. The lowest BCUT2D eigenvalue weighted by Gasteiger charge is -2.28. The first-order valence-electron chi connectivity index (χ1n) is 9.97. The Morgan fingerprint density at radius 2 is 1.37 bits per heavy atom. The Morgan fingerprint density at radius 3 is 1.83 bits per heavy atom. The zero-order valence-corrected chi connectivity index (χ0v) is 17.6. The molecule has 1 saturated heterocycles. The van der Waals surface area contributed by atoms with E-state index in [9.17, 15) is 13.2 Å². The highest BCUT2D eigenvalue weighted by atomic mass is 32.2. The maximum Gasteiger partial charge on any atom is 0.243 e. The number of carbonyl (C=O) groups is 1. The number of nitrogens with zero attached hydrogens (tertiary/aromatic N) is 2. The third-order valence-electron chi connectivity index (χ3n) is 5.49. The molecule has 0 atom stereocenters. The minimum absolute atomic E-state index is 0.0796. The fourth-order valence-corrected chi connectivity index (χ4v) is 5.24. The smallest absolute Gasteiger partial charge is 0.243 e. The molecule has 30 heavy (non-hydrogen) atoms. The van der Waals surface area contributed by atoms with Crippen LogP contribution in [0.15, 0.2) is 89.8 Å². The summed E-state index contributed by atoms with van der Waals surface area (Å²) in [6, 6.07) is 25.4. The Labute approximate surface area is 177 Å². The van der Waals surface area contributed by atoms with E-state index in [-0.39, 0.29) is 10.8 Å². The predicted octanol–water partition coefficient (Wildman–Crippen LogP) is 4.22. The van der Waals surface area contributed by atoms with Crippen molar-refractivity contribution in [1.29, 1.82) is 0 Å². The van der Waals surface area contributed by atoms with E-state index in [0.717, 1.165) is 23.2 Å². The van der Waals surface area contributed by atoms with Gasteiger partial charge in [-0.2, -0.15) is 4.31 Å². The van der Waals surface area contributed by atoms with Crippen molar-refractivity contribution in [3.8, 4) is 0 Å². The van der Waals surface area contributed by atoms with Crippen molar-refractivity contribution in [3.05, 3.63) is 96.1 Å². The van der Waals surface area contributed by atoms with E-state index in [1.165, 1.54) is 4.31 Å².